The minimum absolute atomic E-state index is 0.127. The average Bonchev–Trinajstić information content (AvgIpc) is 2.93. The van der Waals surface area contributed by atoms with Crippen LogP contribution in [0.25, 0.3) is 6.08 Å². The molecule has 0 heterocycles. The van der Waals surface area contributed by atoms with E-state index in [4.69, 9.17) is 5.73 Å². The first-order chi connectivity index (χ1) is 10.9. The number of alkyl halides is 3. The van der Waals surface area contributed by atoms with E-state index in [0.717, 1.165) is 37.8 Å². The molecule has 1 aromatic rings. The van der Waals surface area contributed by atoms with Gasteiger partial charge in [0.1, 0.15) is 0 Å². The third-order valence-electron chi connectivity index (χ3n) is 4.43. The summed E-state index contributed by atoms with van der Waals surface area (Å²) in [4.78, 5) is 10.4. The summed E-state index contributed by atoms with van der Waals surface area (Å²) in [5, 5.41) is 2.73. The predicted octanol–water partition coefficient (Wildman–Crippen LogP) is 3.85. The van der Waals surface area contributed by atoms with Crippen LogP contribution in [-0.4, -0.2) is 13.0 Å². The Balaban J connectivity index is 1.96. The maximum atomic E-state index is 12.6. The number of nitrogens with one attached hydrogen (secondary N) is 1. The second-order valence-electron chi connectivity index (χ2n) is 5.96. The van der Waals surface area contributed by atoms with E-state index in [1.54, 1.807) is 6.08 Å². The lowest BCUT2D eigenvalue weighted by atomic mass is 9.92. The molecular weight excluding hydrogens is 305 g/mol. The molecule has 1 aliphatic carbocycles. The molecule has 0 aliphatic heterocycles. The van der Waals surface area contributed by atoms with Crippen LogP contribution >= 0.6 is 0 Å². The molecule has 0 saturated heterocycles. The van der Waals surface area contributed by atoms with Crippen LogP contribution < -0.4 is 11.1 Å². The number of benzene rings is 1. The summed E-state index contributed by atoms with van der Waals surface area (Å²) in [5.41, 5.74) is 5.69. The Kier molecular flexibility index (Phi) is 5.69. The van der Waals surface area contributed by atoms with Crippen molar-refractivity contribution in [3.63, 3.8) is 0 Å². The van der Waals surface area contributed by atoms with Crippen molar-refractivity contribution in [2.75, 3.05) is 12.3 Å². The van der Waals surface area contributed by atoms with Crippen molar-refractivity contribution >= 4 is 18.2 Å². The van der Waals surface area contributed by atoms with Gasteiger partial charge < -0.3 is 11.1 Å². The number of amides is 1. The molecule has 1 fully saturated rings. The predicted molar refractivity (Wildman–Crippen MR) is 84.4 cm³/mol. The van der Waals surface area contributed by atoms with E-state index in [2.05, 4.69) is 5.32 Å². The van der Waals surface area contributed by atoms with Crippen LogP contribution in [-0.2, 0) is 11.0 Å². The minimum Gasteiger partial charge on any atom is -0.398 e. The zero-order valence-corrected chi connectivity index (χ0v) is 12.8. The zero-order valence-electron chi connectivity index (χ0n) is 12.8. The lowest BCUT2D eigenvalue weighted by molar-refractivity contribution is -0.137. The Hall–Kier alpha value is -1.98. The van der Waals surface area contributed by atoms with Gasteiger partial charge in [0.05, 0.1) is 5.56 Å². The van der Waals surface area contributed by atoms with Crippen molar-refractivity contribution in [3.8, 4) is 0 Å². The summed E-state index contributed by atoms with van der Waals surface area (Å²) in [6, 6.07) is 3.41. The van der Waals surface area contributed by atoms with Crippen molar-refractivity contribution in [2.24, 2.45) is 11.8 Å². The monoisotopic (exact) mass is 326 g/mol. The average molecular weight is 326 g/mol. The van der Waals surface area contributed by atoms with Gasteiger partial charge >= 0.3 is 6.18 Å². The fourth-order valence-electron chi connectivity index (χ4n) is 3.16. The van der Waals surface area contributed by atoms with E-state index in [-0.39, 0.29) is 5.69 Å². The van der Waals surface area contributed by atoms with E-state index < -0.39 is 11.7 Å². The standard InChI is InChI=1S/C17H21F3N2O/c18-17(19,20)15-8-7-13(16(21)9-15)5-1-3-12-4-2-6-14(12)10-22-11-23/h1,5,7-9,11-12,14H,2-4,6,10,21H2,(H,22,23)/b5-1+. The zero-order chi connectivity index (χ0) is 16.9. The Labute approximate surface area is 133 Å². The number of anilines is 1. The van der Waals surface area contributed by atoms with Crippen molar-refractivity contribution < 1.29 is 18.0 Å². The van der Waals surface area contributed by atoms with Gasteiger partial charge in [-0.1, -0.05) is 24.6 Å². The molecule has 1 saturated carbocycles. The van der Waals surface area contributed by atoms with Crippen LogP contribution in [0.2, 0.25) is 0 Å². The second kappa shape index (κ2) is 7.53. The first kappa shape index (κ1) is 17.4. The minimum atomic E-state index is -4.38. The Morgan fingerprint density at radius 3 is 2.65 bits per heavy atom. The molecular formula is C17H21F3N2O. The third-order valence-corrected chi connectivity index (χ3v) is 4.43. The summed E-state index contributed by atoms with van der Waals surface area (Å²) in [6.07, 6.45) is 4.27. The molecule has 0 aromatic heterocycles. The fourth-order valence-corrected chi connectivity index (χ4v) is 3.16. The smallest absolute Gasteiger partial charge is 0.398 e. The summed E-state index contributed by atoms with van der Waals surface area (Å²) < 4.78 is 37.8. The van der Waals surface area contributed by atoms with Gasteiger partial charge in [-0.15, -0.1) is 0 Å². The molecule has 1 aliphatic rings. The molecule has 1 amide bonds. The second-order valence-corrected chi connectivity index (χ2v) is 5.96. The Morgan fingerprint density at radius 1 is 1.26 bits per heavy atom. The number of carbonyl (C=O) groups is 1. The van der Waals surface area contributed by atoms with Gasteiger partial charge in [0, 0.05) is 12.2 Å². The number of rotatable bonds is 6. The number of hydrogen-bond acceptors (Lipinski definition) is 2. The molecule has 0 spiro atoms. The van der Waals surface area contributed by atoms with Crippen LogP contribution in [0.15, 0.2) is 24.3 Å². The molecule has 23 heavy (non-hydrogen) atoms. The number of allylic oxidation sites excluding steroid dienone is 1. The highest BCUT2D eigenvalue weighted by atomic mass is 19.4. The van der Waals surface area contributed by atoms with Crippen molar-refractivity contribution in [1.29, 1.82) is 0 Å². The van der Waals surface area contributed by atoms with Crippen molar-refractivity contribution in [2.45, 2.75) is 31.9 Å². The molecule has 6 heteroatoms. The highest BCUT2D eigenvalue weighted by Crippen LogP contribution is 2.35. The maximum Gasteiger partial charge on any atom is 0.416 e. The van der Waals surface area contributed by atoms with Crippen LogP contribution in [0, 0.1) is 11.8 Å². The van der Waals surface area contributed by atoms with E-state index in [0.29, 0.717) is 30.4 Å². The molecule has 0 bridgehead atoms. The van der Waals surface area contributed by atoms with Crippen molar-refractivity contribution in [1.82, 2.24) is 5.32 Å². The van der Waals surface area contributed by atoms with E-state index in [1.807, 2.05) is 6.08 Å². The number of hydrogen-bond donors (Lipinski definition) is 2. The van der Waals surface area contributed by atoms with Gasteiger partial charge in [0.15, 0.2) is 0 Å². The normalized spacial score (nSPS) is 21.7. The van der Waals surface area contributed by atoms with Gasteiger partial charge in [-0.2, -0.15) is 13.2 Å². The quantitative estimate of drug-likeness (QED) is 0.616. The maximum absolute atomic E-state index is 12.6. The van der Waals surface area contributed by atoms with E-state index in [9.17, 15) is 18.0 Å². The SMILES string of the molecule is Nc1cc(C(F)(F)F)ccc1/C=C/CC1CCCC1CNC=O. The molecule has 1 aromatic carbocycles. The molecule has 3 N–H and O–H groups in total. The lowest BCUT2D eigenvalue weighted by Crippen LogP contribution is -2.23. The largest absolute Gasteiger partial charge is 0.416 e. The first-order valence-electron chi connectivity index (χ1n) is 7.72. The highest BCUT2D eigenvalue weighted by molar-refractivity contribution is 5.65. The Morgan fingerprint density at radius 2 is 2.00 bits per heavy atom. The molecule has 126 valence electrons. The highest BCUT2D eigenvalue weighted by Gasteiger charge is 2.30. The molecule has 2 unspecified atom stereocenters. The van der Waals surface area contributed by atoms with Gasteiger partial charge in [-0.05, 0) is 48.8 Å². The summed E-state index contributed by atoms with van der Waals surface area (Å²) in [5.74, 6) is 0.962. The summed E-state index contributed by atoms with van der Waals surface area (Å²) in [6.45, 7) is 0.685. The van der Waals surface area contributed by atoms with Crippen LogP contribution in [0.3, 0.4) is 0 Å². The number of carbonyl (C=O) groups excluding carboxylic acids is 1. The summed E-state index contributed by atoms with van der Waals surface area (Å²) in [7, 11) is 0. The van der Waals surface area contributed by atoms with Gasteiger partial charge in [0.2, 0.25) is 6.41 Å². The molecule has 2 rings (SSSR count). The molecule has 3 nitrogen and oxygen atoms in total. The van der Waals surface area contributed by atoms with Crippen LogP contribution in [0.4, 0.5) is 18.9 Å². The Bertz CT molecular complexity index is 569. The third kappa shape index (κ3) is 4.74. The van der Waals surface area contributed by atoms with E-state index >= 15 is 0 Å². The van der Waals surface area contributed by atoms with Crippen LogP contribution in [0.5, 0.6) is 0 Å². The first-order valence-corrected chi connectivity index (χ1v) is 7.72. The molecule has 2 atom stereocenters. The summed E-state index contributed by atoms with van der Waals surface area (Å²) >= 11 is 0. The van der Waals surface area contributed by atoms with E-state index in [1.165, 1.54) is 6.07 Å². The van der Waals surface area contributed by atoms with Gasteiger partial charge in [0.25, 0.3) is 0 Å². The van der Waals surface area contributed by atoms with Gasteiger partial charge in [-0.3, -0.25) is 4.79 Å². The van der Waals surface area contributed by atoms with Crippen LogP contribution in [0.1, 0.15) is 36.8 Å². The lowest BCUT2D eigenvalue weighted by Gasteiger charge is -2.17. The topological polar surface area (TPSA) is 55.1 Å². The number of nitrogens with two attached hydrogens (primary N) is 1. The number of halogens is 3. The number of nitrogen functional groups attached to an aromatic ring is 1. The fraction of sp³-hybridized carbons (Fsp3) is 0.471. The van der Waals surface area contributed by atoms with Gasteiger partial charge in [-0.25, -0.2) is 0 Å². The van der Waals surface area contributed by atoms with Crippen molar-refractivity contribution in [3.05, 3.63) is 35.4 Å². The molecule has 0 radical (unpaired) electrons.